The molecule has 1 aromatic heterocycles. The maximum absolute atomic E-state index is 13.1. The zero-order valence-corrected chi connectivity index (χ0v) is 16.8. The number of amides is 1. The summed E-state index contributed by atoms with van der Waals surface area (Å²) in [6.07, 6.45) is 0. The quantitative estimate of drug-likeness (QED) is 0.483. The molecule has 1 amide bonds. The van der Waals surface area contributed by atoms with Gasteiger partial charge < -0.3 is 19.3 Å². The second kappa shape index (κ2) is 8.66. The summed E-state index contributed by atoms with van der Waals surface area (Å²) in [5.41, 5.74) is 2.26. The number of carbonyl (C=O) groups excluding carboxylic acids is 1. The highest BCUT2D eigenvalue weighted by molar-refractivity contribution is 6.05. The molecular weight excluding hydrogens is 401 g/mol. The number of benzene rings is 3. The fraction of sp³-hybridized carbons (Fsp3) is 0.0870. The number of carbonyl (C=O) groups is 1. The first-order valence-corrected chi connectivity index (χ1v) is 9.31. The van der Waals surface area contributed by atoms with E-state index in [2.05, 4.69) is 15.5 Å². The average molecular weight is 419 g/mol. The van der Waals surface area contributed by atoms with E-state index < -0.39 is 0 Å². The van der Waals surface area contributed by atoms with Crippen molar-refractivity contribution in [2.45, 2.75) is 0 Å². The molecule has 0 saturated heterocycles. The van der Waals surface area contributed by atoms with Gasteiger partial charge in [0.15, 0.2) is 0 Å². The predicted molar refractivity (Wildman–Crippen MR) is 113 cm³/mol. The molecule has 0 aliphatic carbocycles. The SMILES string of the molecule is COc1ccc(NC(=O)c2ccc(-c3nc(-c4ccc(F)cc4)no3)cc2)c(OC)c1. The van der Waals surface area contributed by atoms with Crippen LogP contribution in [0.1, 0.15) is 10.4 Å². The number of aromatic nitrogens is 2. The van der Waals surface area contributed by atoms with E-state index in [0.717, 1.165) is 0 Å². The van der Waals surface area contributed by atoms with Gasteiger partial charge in [-0.25, -0.2) is 4.39 Å². The number of rotatable bonds is 6. The van der Waals surface area contributed by atoms with Crippen LogP contribution in [0.25, 0.3) is 22.8 Å². The molecule has 0 unspecified atom stereocenters. The molecule has 0 bridgehead atoms. The van der Waals surface area contributed by atoms with E-state index >= 15 is 0 Å². The van der Waals surface area contributed by atoms with Crippen LogP contribution in [-0.4, -0.2) is 30.3 Å². The van der Waals surface area contributed by atoms with E-state index in [1.807, 2.05) is 0 Å². The lowest BCUT2D eigenvalue weighted by molar-refractivity contribution is 0.102. The molecule has 7 nitrogen and oxygen atoms in total. The standard InChI is InChI=1S/C23H18FN3O4/c1-29-18-11-12-19(20(13-18)30-2)25-22(28)15-3-5-16(6-4-15)23-26-21(27-31-23)14-7-9-17(24)10-8-14/h3-13H,1-2H3,(H,25,28). The second-order valence-electron chi connectivity index (χ2n) is 6.53. The molecule has 4 aromatic rings. The van der Waals surface area contributed by atoms with E-state index in [1.165, 1.54) is 19.2 Å². The van der Waals surface area contributed by atoms with Crippen molar-refractivity contribution in [2.75, 3.05) is 19.5 Å². The molecule has 0 saturated carbocycles. The Morgan fingerprint density at radius 2 is 1.65 bits per heavy atom. The van der Waals surface area contributed by atoms with Crippen molar-refractivity contribution in [1.29, 1.82) is 0 Å². The van der Waals surface area contributed by atoms with Gasteiger partial charge in [0.1, 0.15) is 17.3 Å². The summed E-state index contributed by atoms with van der Waals surface area (Å²) in [6, 6.07) is 17.7. The van der Waals surface area contributed by atoms with Gasteiger partial charge in [-0.15, -0.1) is 0 Å². The van der Waals surface area contributed by atoms with Crippen molar-refractivity contribution in [3.8, 4) is 34.3 Å². The third kappa shape index (κ3) is 4.37. The van der Waals surface area contributed by atoms with E-state index in [9.17, 15) is 9.18 Å². The number of nitrogens with zero attached hydrogens (tertiary/aromatic N) is 2. The fourth-order valence-corrected chi connectivity index (χ4v) is 2.92. The third-order valence-corrected chi connectivity index (χ3v) is 4.58. The Labute approximate surface area is 177 Å². The van der Waals surface area contributed by atoms with Gasteiger partial charge in [-0.1, -0.05) is 5.16 Å². The van der Waals surface area contributed by atoms with Crippen LogP contribution in [0.15, 0.2) is 71.3 Å². The highest BCUT2D eigenvalue weighted by Crippen LogP contribution is 2.29. The zero-order valence-electron chi connectivity index (χ0n) is 16.8. The van der Waals surface area contributed by atoms with Crippen LogP contribution in [0.5, 0.6) is 11.5 Å². The number of hydrogen-bond donors (Lipinski definition) is 1. The monoisotopic (exact) mass is 419 g/mol. The Hall–Kier alpha value is -4.20. The molecule has 3 aromatic carbocycles. The molecule has 1 N–H and O–H groups in total. The zero-order chi connectivity index (χ0) is 21.8. The summed E-state index contributed by atoms with van der Waals surface area (Å²) >= 11 is 0. The molecule has 8 heteroatoms. The molecule has 0 aliphatic heterocycles. The topological polar surface area (TPSA) is 86.5 Å². The Morgan fingerprint density at radius 3 is 2.32 bits per heavy atom. The van der Waals surface area contributed by atoms with E-state index in [4.69, 9.17) is 14.0 Å². The first-order chi connectivity index (χ1) is 15.1. The molecule has 156 valence electrons. The van der Waals surface area contributed by atoms with Gasteiger partial charge in [0.05, 0.1) is 19.9 Å². The third-order valence-electron chi connectivity index (χ3n) is 4.58. The minimum absolute atomic E-state index is 0.295. The maximum atomic E-state index is 13.1. The Morgan fingerprint density at radius 1 is 0.935 bits per heavy atom. The van der Waals surface area contributed by atoms with Gasteiger partial charge in [0, 0.05) is 22.8 Å². The summed E-state index contributed by atoms with van der Waals surface area (Å²) in [5, 5.41) is 6.74. The van der Waals surface area contributed by atoms with Crippen LogP contribution >= 0.6 is 0 Å². The van der Waals surface area contributed by atoms with Crippen LogP contribution in [0.2, 0.25) is 0 Å². The lowest BCUT2D eigenvalue weighted by Gasteiger charge is -2.11. The number of ether oxygens (including phenoxy) is 2. The molecule has 0 fully saturated rings. The highest BCUT2D eigenvalue weighted by atomic mass is 19.1. The molecule has 0 spiro atoms. The average Bonchev–Trinajstić information content (AvgIpc) is 3.30. The molecule has 1 heterocycles. The van der Waals surface area contributed by atoms with E-state index in [1.54, 1.807) is 61.7 Å². The molecule has 4 rings (SSSR count). The number of anilines is 1. The first kappa shape index (κ1) is 20.1. The largest absolute Gasteiger partial charge is 0.497 e. The van der Waals surface area contributed by atoms with Crippen molar-refractivity contribution < 1.29 is 23.2 Å². The minimum Gasteiger partial charge on any atom is -0.497 e. The van der Waals surface area contributed by atoms with Gasteiger partial charge in [0.25, 0.3) is 11.8 Å². The van der Waals surface area contributed by atoms with Crippen LogP contribution < -0.4 is 14.8 Å². The van der Waals surface area contributed by atoms with E-state index in [0.29, 0.717) is 45.6 Å². The Kier molecular flexibility index (Phi) is 5.61. The van der Waals surface area contributed by atoms with Crippen molar-refractivity contribution in [1.82, 2.24) is 10.1 Å². The summed E-state index contributed by atoms with van der Waals surface area (Å²) in [6.45, 7) is 0. The van der Waals surface area contributed by atoms with Crippen molar-refractivity contribution in [2.24, 2.45) is 0 Å². The summed E-state index contributed by atoms with van der Waals surface area (Å²) in [4.78, 5) is 17.0. The fourth-order valence-electron chi connectivity index (χ4n) is 2.92. The summed E-state index contributed by atoms with van der Waals surface area (Å²) in [7, 11) is 3.07. The van der Waals surface area contributed by atoms with Gasteiger partial charge in [-0.05, 0) is 60.7 Å². The van der Waals surface area contributed by atoms with Gasteiger partial charge in [-0.2, -0.15) is 4.98 Å². The minimum atomic E-state index is -0.339. The molecule has 0 atom stereocenters. The normalized spacial score (nSPS) is 10.5. The molecule has 0 radical (unpaired) electrons. The second-order valence-corrected chi connectivity index (χ2v) is 6.53. The lowest BCUT2D eigenvalue weighted by Crippen LogP contribution is -2.12. The number of halogens is 1. The van der Waals surface area contributed by atoms with Crippen LogP contribution in [0, 0.1) is 5.82 Å². The smallest absolute Gasteiger partial charge is 0.258 e. The van der Waals surface area contributed by atoms with Gasteiger partial charge in [-0.3, -0.25) is 4.79 Å². The van der Waals surface area contributed by atoms with Crippen molar-refractivity contribution in [3.05, 3.63) is 78.1 Å². The molecule has 31 heavy (non-hydrogen) atoms. The Balaban J connectivity index is 1.50. The van der Waals surface area contributed by atoms with Crippen LogP contribution in [0.4, 0.5) is 10.1 Å². The number of hydrogen-bond acceptors (Lipinski definition) is 6. The number of nitrogens with one attached hydrogen (secondary N) is 1. The number of methoxy groups -OCH3 is 2. The first-order valence-electron chi connectivity index (χ1n) is 9.31. The van der Waals surface area contributed by atoms with Crippen molar-refractivity contribution >= 4 is 11.6 Å². The van der Waals surface area contributed by atoms with Crippen LogP contribution in [0.3, 0.4) is 0 Å². The van der Waals surface area contributed by atoms with Crippen LogP contribution in [-0.2, 0) is 0 Å². The van der Waals surface area contributed by atoms with E-state index in [-0.39, 0.29) is 11.7 Å². The molecular formula is C23H18FN3O4. The summed E-state index contributed by atoms with van der Waals surface area (Å²) in [5.74, 6) is 1.12. The Bertz CT molecular complexity index is 1200. The van der Waals surface area contributed by atoms with Gasteiger partial charge in [0.2, 0.25) is 5.82 Å². The van der Waals surface area contributed by atoms with Crippen molar-refractivity contribution in [3.63, 3.8) is 0 Å². The highest BCUT2D eigenvalue weighted by Gasteiger charge is 2.14. The predicted octanol–water partition coefficient (Wildman–Crippen LogP) is 4.81. The maximum Gasteiger partial charge on any atom is 0.258 e. The summed E-state index contributed by atoms with van der Waals surface area (Å²) < 4.78 is 28.8. The molecule has 0 aliphatic rings. The lowest BCUT2D eigenvalue weighted by atomic mass is 10.1. The van der Waals surface area contributed by atoms with Gasteiger partial charge >= 0.3 is 0 Å².